The highest BCUT2D eigenvalue weighted by atomic mass is 79.9. The van der Waals surface area contributed by atoms with Gasteiger partial charge in [-0.3, -0.25) is 0 Å². The molecule has 0 bridgehead atoms. The van der Waals surface area contributed by atoms with Crippen LogP contribution >= 0.6 is 15.9 Å². The average molecular weight is 227 g/mol. The predicted octanol–water partition coefficient (Wildman–Crippen LogP) is 1.85. The van der Waals surface area contributed by atoms with E-state index >= 15 is 0 Å². The number of benzene rings is 1. The summed E-state index contributed by atoms with van der Waals surface area (Å²) < 4.78 is 6.17. The zero-order valence-electron chi connectivity index (χ0n) is 6.02. The molecule has 0 aliphatic rings. The molecule has 0 aliphatic carbocycles. The van der Waals surface area contributed by atoms with Crippen LogP contribution < -0.4 is 4.74 Å². The second kappa shape index (κ2) is 5.01. The van der Waals surface area contributed by atoms with Crippen molar-refractivity contribution in [2.75, 3.05) is 7.11 Å². The Kier molecular flexibility index (Phi) is 5.13. The Morgan fingerprint density at radius 2 is 2.00 bits per heavy atom. The van der Waals surface area contributed by atoms with Crippen molar-refractivity contribution in [3.05, 3.63) is 28.2 Å². The number of rotatable bonds is 1. The van der Waals surface area contributed by atoms with E-state index in [9.17, 15) is 0 Å². The fraction of sp³-hybridized carbons (Fsp3) is 0.250. The SMILES string of the molecule is COc1ccc(Br)cc1C.[MgH2]. The molecule has 0 aliphatic heterocycles. The van der Waals surface area contributed by atoms with Crippen molar-refractivity contribution in [2.24, 2.45) is 0 Å². The Hall–Kier alpha value is 0.266. The van der Waals surface area contributed by atoms with Gasteiger partial charge in [0.25, 0.3) is 0 Å². The maximum Gasteiger partial charge on any atom is 0.316 e. The first kappa shape index (κ1) is 11.3. The zero-order valence-corrected chi connectivity index (χ0v) is 7.60. The van der Waals surface area contributed by atoms with E-state index in [4.69, 9.17) is 4.74 Å². The van der Waals surface area contributed by atoms with Gasteiger partial charge in [0.15, 0.2) is 0 Å². The van der Waals surface area contributed by atoms with E-state index in [0.717, 1.165) is 15.8 Å². The normalized spacial score (nSPS) is 8.64. The molecule has 0 aromatic heterocycles. The number of hydrogen-bond donors (Lipinski definition) is 0. The Balaban J connectivity index is 0.000001000. The van der Waals surface area contributed by atoms with E-state index in [0.29, 0.717) is 0 Å². The van der Waals surface area contributed by atoms with E-state index in [-0.39, 0.29) is 23.1 Å². The Morgan fingerprint density at radius 1 is 1.36 bits per heavy atom. The van der Waals surface area contributed by atoms with E-state index in [1.165, 1.54) is 0 Å². The van der Waals surface area contributed by atoms with E-state index < -0.39 is 0 Å². The molecule has 0 saturated heterocycles. The molecule has 0 fully saturated rings. The van der Waals surface area contributed by atoms with Crippen LogP contribution in [0.4, 0.5) is 0 Å². The van der Waals surface area contributed by atoms with Crippen LogP contribution in [0.25, 0.3) is 0 Å². The van der Waals surface area contributed by atoms with Crippen molar-refractivity contribution < 1.29 is 4.74 Å². The highest BCUT2D eigenvalue weighted by Crippen LogP contribution is 2.21. The first-order valence-electron chi connectivity index (χ1n) is 3.04. The van der Waals surface area contributed by atoms with Gasteiger partial charge in [0.05, 0.1) is 7.11 Å². The molecule has 0 saturated carbocycles. The molecular formula is C8H11BrMgO. The summed E-state index contributed by atoms with van der Waals surface area (Å²) in [4.78, 5) is 0. The predicted molar refractivity (Wildman–Crippen MR) is 54.0 cm³/mol. The van der Waals surface area contributed by atoms with E-state index in [2.05, 4.69) is 15.9 Å². The summed E-state index contributed by atoms with van der Waals surface area (Å²) >= 11 is 3.37. The molecule has 0 atom stereocenters. The van der Waals surface area contributed by atoms with Crippen molar-refractivity contribution in [1.29, 1.82) is 0 Å². The lowest BCUT2D eigenvalue weighted by Gasteiger charge is -2.02. The van der Waals surface area contributed by atoms with Crippen LogP contribution in [0.15, 0.2) is 22.7 Å². The number of methoxy groups -OCH3 is 1. The molecule has 1 nitrogen and oxygen atoms in total. The molecule has 1 rings (SSSR count). The van der Waals surface area contributed by atoms with Crippen molar-refractivity contribution in [2.45, 2.75) is 6.92 Å². The first-order chi connectivity index (χ1) is 4.74. The van der Waals surface area contributed by atoms with Gasteiger partial charge < -0.3 is 4.74 Å². The topological polar surface area (TPSA) is 9.23 Å². The molecule has 0 spiro atoms. The maximum atomic E-state index is 5.08. The molecule has 1 aromatic carbocycles. The third kappa shape index (κ3) is 3.01. The molecule has 0 amide bonds. The lowest BCUT2D eigenvalue weighted by molar-refractivity contribution is 0.411. The zero-order chi connectivity index (χ0) is 7.56. The van der Waals surface area contributed by atoms with Crippen LogP contribution in [0.5, 0.6) is 5.75 Å². The highest BCUT2D eigenvalue weighted by molar-refractivity contribution is 9.10. The van der Waals surface area contributed by atoms with Gasteiger partial charge in [-0.15, -0.1) is 0 Å². The molecule has 0 radical (unpaired) electrons. The lowest BCUT2D eigenvalue weighted by Crippen LogP contribution is -1.85. The molecule has 0 heterocycles. The fourth-order valence-electron chi connectivity index (χ4n) is 0.842. The Morgan fingerprint density at radius 3 is 2.45 bits per heavy atom. The Bertz CT molecular complexity index is 238. The largest absolute Gasteiger partial charge is 0.496 e. The summed E-state index contributed by atoms with van der Waals surface area (Å²) in [6.45, 7) is 2.02. The van der Waals surface area contributed by atoms with Crippen molar-refractivity contribution in [1.82, 2.24) is 0 Å². The standard InChI is InChI=1S/C8H9BrO.Mg.2H/c1-6-5-7(9)3-4-8(6)10-2;;;/h3-5H,1-2H3;;;. The van der Waals surface area contributed by atoms with E-state index in [1.54, 1.807) is 7.11 Å². The van der Waals surface area contributed by atoms with Crippen molar-refractivity contribution in [3.8, 4) is 5.75 Å². The minimum atomic E-state index is 0. The van der Waals surface area contributed by atoms with Gasteiger partial charge >= 0.3 is 23.1 Å². The summed E-state index contributed by atoms with van der Waals surface area (Å²) in [5.41, 5.74) is 1.15. The van der Waals surface area contributed by atoms with Crippen LogP contribution in [0.1, 0.15) is 5.56 Å². The van der Waals surface area contributed by atoms with Crippen LogP contribution in [0.3, 0.4) is 0 Å². The minimum Gasteiger partial charge on any atom is -0.496 e. The number of halogens is 1. The summed E-state index contributed by atoms with van der Waals surface area (Å²) in [5, 5.41) is 0. The third-order valence-corrected chi connectivity index (χ3v) is 1.85. The maximum absolute atomic E-state index is 5.08. The van der Waals surface area contributed by atoms with Gasteiger partial charge in [-0.05, 0) is 30.7 Å². The Labute approximate surface area is 91.4 Å². The average Bonchev–Trinajstić information content (AvgIpc) is 1.88. The number of hydrogen-bond acceptors (Lipinski definition) is 1. The lowest BCUT2D eigenvalue weighted by atomic mass is 10.2. The third-order valence-electron chi connectivity index (χ3n) is 1.36. The monoisotopic (exact) mass is 226 g/mol. The second-order valence-corrected chi connectivity index (χ2v) is 3.03. The van der Waals surface area contributed by atoms with Gasteiger partial charge in [-0.25, -0.2) is 0 Å². The summed E-state index contributed by atoms with van der Waals surface area (Å²) in [5.74, 6) is 0.934. The molecule has 0 unspecified atom stereocenters. The smallest absolute Gasteiger partial charge is 0.316 e. The molecular weight excluding hydrogens is 216 g/mol. The van der Waals surface area contributed by atoms with Gasteiger partial charge in [0.1, 0.15) is 5.75 Å². The molecule has 3 heteroatoms. The molecule has 1 aromatic rings. The molecule has 11 heavy (non-hydrogen) atoms. The number of ether oxygens (including phenoxy) is 1. The van der Waals surface area contributed by atoms with Crippen LogP contribution in [0, 0.1) is 6.92 Å². The highest BCUT2D eigenvalue weighted by Gasteiger charge is 1.95. The summed E-state index contributed by atoms with van der Waals surface area (Å²) in [6, 6.07) is 5.93. The van der Waals surface area contributed by atoms with Crippen molar-refractivity contribution >= 4 is 39.0 Å². The van der Waals surface area contributed by atoms with E-state index in [1.807, 2.05) is 25.1 Å². The van der Waals surface area contributed by atoms with Crippen LogP contribution in [0.2, 0.25) is 0 Å². The van der Waals surface area contributed by atoms with Crippen LogP contribution in [-0.2, 0) is 0 Å². The quantitative estimate of drug-likeness (QED) is 0.665. The van der Waals surface area contributed by atoms with Gasteiger partial charge in [0.2, 0.25) is 0 Å². The summed E-state index contributed by atoms with van der Waals surface area (Å²) in [6.07, 6.45) is 0. The first-order valence-corrected chi connectivity index (χ1v) is 3.83. The second-order valence-electron chi connectivity index (χ2n) is 2.11. The molecule has 58 valence electrons. The van der Waals surface area contributed by atoms with Gasteiger partial charge in [-0.2, -0.15) is 0 Å². The summed E-state index contributed by atoms with van der Waals surface area (Å²) in [7, 11) is 1.68. The van der Waals surface area contributed by atoms with Crippen LogP contribution in [-0.4, -0.2) is 30.2 Å². The van der Waals surface area contributed by atoms with Gasteiger partial charge in [0, 0.05) is 4.47 Å². The number of aryl methyl sites for hydroxylation is 1. The minimum absolute atomic E-state index is 0. The van der Waals surface area contributed by atoms with Gasteiger partial charge in [-0.1, -0.05) is 15.9 Å². The van der Waals surface area contributed by atoms with Crippen molar-refractivity contribution in [3.63, 3.8) is 0 Å². The molecule has 0 N–H and O–H groups in total. The fourth-order valence-corrected chi connectivity index (χ4v) is 1.32.